The lowest BCUT2D eigenvalue weighted by atomic mass is 10.0. The molecule has 166 valence electrons. The molecule has 0 aliphatic heterocycles. The fourth-order valence-electron chi connectivity index (χ4n) is 3.25. The van der Waals surface area contributed by atoms with Gasteiger partial charge in [-0.15, -0.1) is 23.2 Å². The number of rotatable bonds is 11. The van der Waals surface area contributed by atoms with E-state index in [-0.39, 0.29) is 12.3 Å². The van der Waals surface area contributed by atoms with Crippen LogP contribution in [0.1, 0.15) is 19.7 Å². The van der Waals surface area contributed by atoms with Crippen LogP contribution >= 0.6 is 23.2 Å². The summed E-state index contributed by atoms with van der Waals surface area (Å²) in [5.41, 5.74) is 8.70. The van der Waals surface area contributed by atoms with Crippen LogP contribution in [0.15, 0.2) is 18.2 Å². The molecule has 0 aliphatic carbocycles. The Kier molecular flexibility index (Phi) is 8.76. The highest BCUT2D eigenvalue weighted by atomic mass is 35.5. The molecule has 10 heteroatoms. The number of nitrogens with two attached hydrogens (primary N) is 1. The van der Waals surface area contributed by atoms with Crippen molar-refractivity contribution in [1.82, 2.24) is 14.9 Å². The lowest BCUT2D eigenvalue weighted by Crippen LogP contribution is -2.51. The van der Waals surface area contributed by atoms with E-state index in [0.717, 1.165) is 16.7 Å². The van der Waals surface area contributed by atoms with Crippen molar-refractivity contribution in [2.75, 3.05) is 29.7 Å². The molecule has 1 aromatic heterocycles. The second-order valence-electron chi connectivity index (χ2n) is 7.50. The lowest BCUT2D eigenvalue weighted by molar-refractivity contribution is -0.143. The number of aromatic nitrogens is 2. The number of amides is 1. The Balaban J connectivity index is 2.20. The quantitative estimate of drug-likeness (QED) is 0.444. The number of carbonyl (C=O) groups is 2. The number of hydrogen-bond donors (Lipinski definition) is 3. The number of fused-ring (bicyclic) bond motifs is 1. The third-order valence-corrected chi connectivity index (χ3v) is 5.34. The molecular weight excluding hydrogens is 429 g/mol. The normalized spacial score (nSPS) is 13.4. The Hall–Kier alpha value is -2.03. The summed E-state index contributed by atoms with van der Waals surface area (Å²) in [5, 5.41) is 11.8. The molecule has 0 fully saturated rings. The maximum atomic E-state index is 12.4. The van der Waals surface area contributed by atoms with Gasteiger partial charge < -0.3 is 25.6 Å². The van der Waals surface area contributed by atoms with Crippen LogP contribution < -0.4 is 16.0 Å². The number of alkyl halides is 2. The van der Waals surface area contributed by atoms with E-state index in [9.17, 15) is 14.7 Å². The first-order valence-electron chi connectivity index (χ1n) is 9.80. The summed E-state index contributed by atoms with van der Waals surface area (Å²) in [7, 11) is 1.86. The number of nitrogens with zero attached hydrogens (tertiary/aromatic N) is 3. The smallest absolute Gasteiger partial charge is 0.326 e. The zero-order chi connectivity index (χ0) is 22.4. The zero-order valence-electron chi connectivity index (χ0n) is 17.4. The number of halogens is 2. The van der Waals surface area contributed by atoms with Crippen molar-refractivity contribution >= 4 is 51.8 Å². The molecule has 0 saturated heterocycles. The maximum absolute atomic E-state index is 12.4. The largest absolute Gasteiger partial charge is 0.480 e. The summed E-state index contributed by atoms with van der Waals surface area (Å²) in [5.74, 6) is -0.238. The number of carboxylic acids is 1. The highest BCUT2D eigenvalue weighted by Gasteiger charge is 2.27. The molecule has 1 aromatic carbocycles. The van der Waals surface area contributed by atoms with Crippen molar-refractivity contribution in [2.45, 2.75) is 32.4 Å². The predicted octanol–water partition coefficient (Wildman–Crippen LogP) is 1.95. The molecule has 0 spiro atoms. The van der Waals surface area contributed by atoms with Crippen molar-refractivity contribution < 1.29 is 14.7 Å². The number of aryl methyl sites for hydroxylation is 1. The SMILES string of the molecule is CC(C)C(NC(=O)C(N)Cc1nc2cc(N(CCCl)CCCl)ccc2n1C)C(=O)O. The summed E-state index contributed by atoms with van der Waals surface area (Å²) in [6.07, 6.45) is 0.184. The van der Waals surface area contributed by atoms with Gasteiger partial charge in [0.1, 0.15) is 11.9 Å². The number of imidazole rings is 1. The number of aliphatic carboxylic acids is 1. The van der Waals surface area contributed by atoms with Crippen LogP contribution in [0.3, 0.4) is 0 Å². The Morgan fingerprint density at radius 3 is 2.43 bits per heavy atom. The number of anilines is 1. The average Bonchev–Trinajstić information content (AvgIpc) is 2.99. The van der Waals surface area contributed by atoms with Gasteiger partial charge in [-0.05, 0) is 24.1 Å². The fraction of sp³-hybridized carbons (Fsp3) is 0.550. The van der Waals surface area contributed by atoms with E-state index in [0.29, 0.717) is 30.7 Å². The molecule has 0 saturated carbocycles. The monoisotopic (exact) mass is 457 g/mol. The van der Waals surface area contributed by atoms with Crippen molar-refractivity contribution in [3.63, 3.8) is 0 Å². The van der Waals surface area contributed by atoms with Crippen LogP contribution in [0.5, 0.6) is 0 Å². The fourth-order valence-corrected chi connectivity index (χ4v) is 3.66. The lowest BCUT2D eigenvalue weighted by Gasteiger charge is -2.22. The zero-order valence-corrected chi connectivity index (χ0v) is 19.0. The van der Waals surface area contributed by atoms with Gasteiger partial charge in [-0.25, -0.2) is 9.78 Å². The van der Waals surface area contributed by atoms with Gasteiger partial charge in [0.15, 0.2) is 0 Å². The third kappa shape index (κ3) is 5.77. The standard InChI is InChI=1S/C20H29Cl2N5O3/c1-12(2)18(20(29)30)25-19(28)14(23)11-17-24-15-10-13(4-5-16(15)26(17)3)27(8-6-21)9-7-22/h4-5,10,12,14,18H,6-9,11,23H2,1-3H3,(H,25,28)(H,29,30). The van der Waals surface area contributed by atoms with Crippen molar-refractivity contribution in [3.8, 4) is 0 Å². The van der Waals surface area contributed by atoms with Gasteiger partial charge in [0.2, 0.25) is 5.91 Å². The highest BCUT2D eigenvalue weighted by molar-refractivity contribution is 6.18. The molecule has 30 heavy (non-hydrogen) atoms. The molecule has 2 rings (SSSR count). The van der Waals surface area contributed by atoms with E-state index in [2.05, 4.69) is 15.2 Å². The Morgan fingerprint density at radius 2 is 1.90 bits per heavy atom. The van der Waals surface area contributed by atoms with Crippen LogP contribution in [0.25, 0.3) is 11.0 Å². The topological polar surface area (TPSA) is 113 Å². The number of carboxylic acid groups (broad SMARTS) is 1. The minimum Gasteiger partial charge on any atom is -0.480 e. The molecule has 2 atom stereocenters. The van der Waals surface area contributed by atoms with E-state index in [1.165, 1.54) is 0 Å². The van der Waals surface area contributed by atoms with Crippen LogP contribution in [0.2, 0.25) is 0 Å². The van der Waals surface area contributed by atoms with E-state index in [1.54, 1.807) is 13.8 Å². The average molecular weight is 458 g/mol. The molecule has 0 aliphatic rings. The minimum absolute atomic E-state index is 0.184. The first-order valence-corrected chi connectivity index (χ1v) is 10.9. The van der Waals surface area contributed by atoms with Gasteiger partial charge in [0, 0.05) is 44.0 Å². The summed E-state index contributed by atoms with van der Waals surface area (Å²) < 4.78 is 1.89. The number of hydrogen-bond acceptors (Lipinski definition) is 5. The second-order valence-corrected chi connectivity index (χ2v) is 8.26. The van der Waals surface area contributed by atoms with Gasteiger partial charge >= 0.3 is 5.97 Å². The molecule has 0 radical (unpaired) electrons. The first kappa shape index (κ1) is 24.2. The van der Waals surface area contributed by atoms with E-state index < -0.39 is 24.0 Å². The molecule has 2 aromatic rings. The summed E-state index contributed by atoms with van der Waals surface area (Å²) in [4.78, 5) is 30.5. The van der Waals surface area contributed by atoms with E-state index >= 15 is 0 Å². The summed E-state index contributed by atoms with van der Waals surface area (Å²) in [6.45, 7) is 4.80. The number of nitrogens with one attached hydrogen (secondary N) is 1. The molecular formula is C20H29Cl2N5O3. The van der Waals surface area contributed by atoms with Crippen molar-refractivity contribution in [1.29, 1.82) is 0 Å². The summed E-state index contributed by atoms with van der Waals surface area (Å²) >= 11 is 11.8. The van der Waals surface area contributed by atoms with Gasteiger partial charge in [-0.2, -0.15) is 0 Å². The summed E-state index contributed by atoms with van der Waals surface area (Å²) in [6, 6.07) is 4.01. The maximum Gasteiger partial charge on any atom is 0.326 e. The first-order chi connectivity index (χ1) is 14.2. The van der Waals surface area contributed by atoms with Gasteiger partial charge in [0.25, 0.3) is 0 Å². The van der Waals surface area contributed by atoms with Gasteiger partial charge in [0.05, 0.1) is 17.1 Å². The number of carbonyl (C=O) groups excluding carboxylic acids is 1. The molecule has 2 unspecified atom stereocenters. The Labute approximate surface area is 186 Å². The molecule has 4 N–H and O–H groups in total. The number of benzene rings is 1. The van der Waals surface area contributed by atoms with Gasteiger partial charge in [-0.1, -0.05) is 13.8 Å². The predicted molar refractivity (Wildman–Crippen MR) is 120 cm³/mol. The Morgan fingerprint density at radius 1 is 1.27 bits per heavy atom. The van der Waals surface area contributed by atoms with Crippen molar-refractivity contribution in [2.24, 2.45) is 18.7 Å². The molecule has 8 nitrogen and oxygen atoms in total. The molecule has 0 bridgehead atoms. The third-order valence-electron chi connectivity index (χ3n) is 5.00. The van der Waals surface area contributed by atoms with E-state index in [1.807, 2.05) is 29.8 Å². The Bertz CT molecular complexity index is 881. The van der Waals surface area contributed by atoms with E-state index in [4.69, 9.17) is 28.9 Å². The highest BCUT2D eigenvalue weighted by Crippen LogP contribution is 2.23. The van der Waals surface area contributed by atoms with Crippen molar-refractivity contribution in [3.05, 3.63) is 24.0 Å². The minimum atomic E-state index is -1.08. The van der Waals surface area contributed by atoms with Crippen LogP contribution in [0.4, 0.5) is 5.69 Å². The second kappa shape index (κ2) is 10.8. The molecule has 1 amide bonds. The van der Waals surface area contributed by atoms with Crippen LogP contribution in [-0.4, -0.2) is 63.5 Å². The van der Waals surface area contributed by atoms with Gasteiger partial charge in [-0.3, -0.25) is 4.79 Å². The van der Waals surface area contributed by atoms with Crippen LogP contribution in [0, 0.1) is 5.92 Å². The molecule has 1 heterocycles. The van der Waals surface area contributed by atoms with Crippen LogP contribution in [-0.2, 0) is 23.1 Å².